The molecule has 0 unspecified atom stereocenters. The van der Waals surface area contributed by atoms with Gasteiger partial charge >= 0.3 is 6.01 Å². The smallest absolute Gasteiger partial charge is 0.323 e. The lowest BCUT2D eigenvalue weighted by Crippen LogP contribution is -2.08. The highest BCUT2D eigenvalue weighted by molar-refractivity contribution is 5.46. The summed E-state index contributed by atoms with van der Waals surface area (Å²) in [6, 6.07) is 10.4. The summed E-state index contributed by atoms with van der Waals surface area (Å²) in [5.74, 6) is 1.45. The third-order valence-electron chi connectivity index (χ3n) is 3.26. The third-order valence-corrected chi connectivity index (χ3v) is 3.26. The van der Waals surface area contributed by atoms with Gasteiger partial charge in [0, 0.05) is 26.2 Å². The predicted molar refractivity (Wildman–Crippen MR) is 75.0 cm³/mol. The number of hydrogen-bond donors (Lipinski definition) is 0. The molecule has 2 fully saturated rings. The van der Waals surface area contributed by atoms with Gasteiger partial charge in [0.1, 0.15) is 6.61 Å². The highest BCUT2D eigenvalue weighted by Crippen LogP contribution is 2.24. The topological polar surface area (TPSA) is 53.9 Å². The predicted octanol–water partition coefficient (Wildman–Crippen LogP) is 1.09. The second-order valence-corrected chi connectivity index (χ2v) is 4.97. The summed E-state index contributed by atoms with van der Waals surface area (Å²) in [6.07, 6.45) is 0. The first-order valence-corrected chi connectivity index (χ1v) is 6.81. The van der Waals surface area contributed by atoms with Gasteiger partial charge in [-0.2, -0.15) is 15.0 Å². The normalized spacial score (nSPS) is 16.2. The van der Waals surface area contributed by atoms with Crippen LogP contribution in [0.25, 0.3) is 0 Å². The van der Waals surface area contributed by atoms with E-state index in [9.17, 15) is 0 Å². The fourth-order valence-corrected chi connectivity index (χ4v) is 1.91. The van der Waals surface area contributed by atoms with Gasteiger partial charge in [-0.3, -0.25) is 0 Å². The minimum Gasteiger partial charge on any atom is -0.458 e. The van der Waals surface area contributed by atoms with Crippen molar-refractivity contribution in [2.75, 3.05) is 36.0 Å². The third kappa shape index (κ3) is 2.49. The average molecular weight is 269 g/mol. The zero-order chi connectivity index (χ0) is 13.4. The summed E-state index contributed by atoms with van der Waals surface area (Å²) < 4.78 is 5.71. The van der Waals surface area contributed by atoms with Crippen molar-refractivity contribution in [2.45, 2.75) is 6.61 Å². The quantitative estimate of drug-likeness (QED) is 0.757. The van der Waals surface area contributed by atoms with Crippen molar-refractivity contribution < 1.29 is 4.74 Å². The van der Waals surface area contributed by atoms with E-state index in [4.69, 9.17) is 4.74 Å². The SMILES string of the molecule is c1ccc(COc2nc(N3CC3)nc(N3CC3)n2)cc1. The second-order valence-electron chi connectivity index (χ2n) is 4.97. The van der Waals surface area contributed by atoms with E-state index in [1.165, 1.54) is 0 Å². The molecule has 0 bridgehead atoms. The van der Waals surface area contributed by atoms with Gasteiger partial charge in [-0.05, 0) is 5.56 Å². The molecule has 0 radical (unpaired) electrons. The van der Waals surface area contributed by atoms with Crippen LogP contribution in [-0.4, -0.2) is 41.1 Å². The van der Waals surface area contributed by atoms with Crippen LogP contribution in [0.3, 0.4) is 0 Å². The van der Waals surface area contributed by atoms with Crippen LogP contribution in [0.2, 0.25) is 0 Å². The van der Waals surface area contributed by atoms with Crippen LogP contribution in [0.1, 0.15) is 5.56 Å². The maximum absolute atomic E-state index is 5.71. The number of ether oxygens (including phenoxy) is 1. The standard InChI is InChI=1S/C14H15N5O/c1-2-4-11(5-3-1)10-20-14-16-12(18-6-7-18)15-13(17-14)19-8-9-19/h1-5H,6-10H2. The molecule has 2 aliphatic heterocycles. The monoisotopic (exact) mass is 269 g/mol. The lowest BCUT2D eigenvalue weighted by atomic mass is 10.2. The molecule has 0 aliphatic carbocycles. The molecule has 0 amide bonds. The molecule has 102 valence electrons. The number of hydrogen-bond acceptors (Lipinski definition) is 6. The molecule has 0 saturated carbocycles. The molecule has 3 heterocycles. The number of benzene rings is 1. The van der Waals surface area contributed by atoms with E-state index < -0.39 is 0 Å². The van der Waals surface area contributed by atoms with E-state index in [2.05, 4.69) is 24.8 Å². The minimum absolute atomic E-state index is 0.410. The zero-order valence-electron chi connectivity index (χ0n) is 11.1. The highest BCUT2D eigenvalue weighted by Gasteiger charge is 2.27. The molecule has 1 aromatic heterocycles. The Bertz CT molecular complexity index is 580. The van der Waals surface area contributed by atoms with Crippen molar-refractivity contribution in [1.82, 2.24) is 15.0 Å². The first-order chi connectivity index (χ1) is 9.88. The van der Waals surface area contributed by atoms with Gasteiger partial charge in [0.15, 0.2) is 0 Å². The molecule has 6 nitrogen and oxygen atoms in total. The summed E-state index contributed by atoms with van der Waals surface area (Å²) in [5.41, 5.74) is 1.11. The molecule has 0 N–H and O–H groups in total. The van der Waals surface area contributed by atoms with E-state index in [1.807, 2.05) is 30.3 Å². The molecular formula is C14H15N5O. The summed E-state index contributed by atoms with van der Waals surface area (Å²) in [5, 5.41) is 0. The van der Waals surface area contributed by atoms with E-state index in [0.29, 0.717) is 12.6 Å². The van der Waals surface area contributed by atoms with E-state index in [1.54, 1.807) is 0 Å². The van der Waals surface area contributed by atoms with Crippen LogP contribution >= 0.6 is 0 Å². The molecule has 2 aromatic rings. The number of anilines is 2. The Hall–Kier alpha value is -2.37. The van der Waals surface area contributed by atoms with Crippen LogP contribution in [-0.2, 0) is 6.61 Å². The summed E-state index contributed by atoms with van der Waals surface area (Å²) in [6.45, 7) is 4.54. The molecular weight excluding hydrogens is 254 g/mol. The average Bonchev–Trinajstić information content (AvgIpc) is 3.39. The summed E-state index contributed by atoms with van der Waals surface area (Å²) >= 11 is 0. The van der Waals surface area contributed by atoms with Crippen molar-refractivity contribution in [2.24, 2.45) is 0 Å². The van der Waals surface area contributed by atoms with Crippen molar-refractivity contribution in [3.8, 4) is 6.01 Å². The summed E-state index contributed by atoms with van der Waals surface area (Å²) in [7, 11) is 0. The van der Waals surface area contributed by atoms with Crippen molar-refractivity contribution in [3.05, 3.63) is 35.9 Å². The Kier molecular flexibility index (Phi) is 2.65. The van der Waals surface area contributed by atoms with Crippen LogP contribution in [0, 0.1) is 0 Å². The van der Waals surface area contributed by atoms with Crippen LogP contribution in [0.5, 0.6) is 6.01 Å². The molecule has 6 heteroatoms. The van der Waals surface area contributed by atoms with Gasteiger partial charge in [0.25, 0.3) is 0 Å². The maximum Gasteiger partial charge on any atom is 0.323 e. The molecule has 20 heavy (non-hydrogen) atoms. The molecule has 1 aromatic carbocycles. The molecule has 2 saturated heterocycles. The van der Waals surface area contributed by atoms with Gasteiger partial charge in [0.05, 0.1) is 0 Å². The zero-order valence-corrected chi connectivity index (χ0v) is 11.1. The number of nitrogens with zero attached hydrogens (tertiary/aromatic N) is 5. The molecule has 0 atom stereocenters. The van der Waals surface area contributed by atoms with E-state index in [-0.39, 0.29) is 0 Å². The first-order valence-electron chi connectivity index (χ1n) is 6.81. The van der Waals surface area contributed by atoms with Gasteiger partial charge in [-0.15, -0.1) is 0 Å². The van der Waals surface area contributed by atoms with Crippen molar-refractivity contribution in [1.29, 1.82) is 0 Å². The van der Waals surface area contributed by atoms with Crippen molar-refractivity contribution in [3.63, 3.8) is 0 Å². The fourth-order valence-electron chi connectivity index (χ4n) is 1.91. The van der Waals surface area contributed by atoms with Gasteiger partial charge in [0.2, 0.25) is 11.9 Å². The number of rotatable bonds is 5. The summed E-state index contributed by atoms with van der Waals surface area (Å²) in [4.78, 5) is 17.4. The Labute approximate surface area is 117 Å². The fraction of sp³-hybridized carbons (Fsp3) is 0.357. The molecule has 2 aliphatic rings. The van der Waals surface area contributed by atoms with Crippen molar-refractivity contribution >= 4 is 11.9 Å². The Morgan fingerprint density at radius 2 is 1.45 bits per heavy atom. The highest BCUT2D eigenvalue weighted by atomic mass is 16.5. The molecule has 0 spiro atoms. The largest absolute Gasteiger partial charge is 0.458 e. The van der Waals surface area contributed by atoms with Crippen LogP contribution in [0.4, 0.5) is 11.9 Å². The maximum atomic E-state index is 5.71. The Balaban J connectivity index is 1.54. The van der Waals surface area contributed by atoms with Crippen LogP contribution < -0.4 is 14.5 Å². The van der Waals surface area contributed by atoms with E-state index >= 15 is 0 Å². The Morgan fingerprint density at radius 3 is 2.00 bits per heavy atom. The first kappa shape index (κ1) is 11.5. The van der Waals surface area contributed by atoms with Gasteiger partial charge in [-0.25, -0.2) is 0 Å². The second kappa shape index (κ2) is 4.63. The van der Waals surface area contributed by atoms with E-state index in [0.717, 1.165) is 43.6 Å². The van der Waals surface area contributed by atoms with Crippen LogP contribution in [0.15, 0.2) is 30.3 Å². The minimum atomic E-state index is 0.410. The lowest BCUT2D eigenvalue weighted by Gasteiger charge is -2.09. The van der Waals surface area contributed by atoms with Gasteiger partial charge in [-0.1, -0.05) is 30.3 Å². The van der Waals surface area contributed by atoms with Gasteiger partial charge < -0.3 is 14.5 Å². The lowest BCUT2D eigenvalue weighted by molar-refractivity contribution is 0.280. The Morgan fingerprint density at radius 1 is 0.850 bits per heavy atom. The number of aromatic nitrogens is 3. The molecule has 4 rings (SSSR count).